The van der Waals surface area contributed by atoms with Crippen molar-refractivity contribution in [2.24, 2.45) is 0 Å². The van der Waals surface area contributed by atoms with E-state index in [2.05, 4.69) is 5.32 Å². The van der Waals surface area contributed by atoms with Crippen LogP contribution in [0.5, 0.6) is 5.75 Å². The van der Waals surface area contributed by atoms with Crippen molar-refractivity contribution in [3.63, 3.8) is 0 Å². The highest BCUT2D eigenvalue weighted by molar-refractivity contribution is 6.30. The number of rotatable bonds is 6. The minimum absolute atomic E-state index is 0.206. The molecule has 0 spiro atoms. The van der Waals surface area contributed by atoms with Gasteiger partial charge in [-0.05, 0) is 43.3 Å². The van der Waals surface area contributed by atoms with E-state index >= 15 is 0 Å². The standard InChI is InChI=1S/C17H18ClNO3/c1-3-22-16-8-7-12(9-13(16)11-21-2)17(20)19-15-6-4-5-14(18)10-15/h4-10H,3,11H2,1-2H3,(H,19,20). The Hall–Kier alpha value is -2.04. The van der Waals surface area contributed by atoms with Crippen LogP contribution in [0, 0.1) is 0 Å². The van der Waals surface area contributed by atoms with Gasteiger partial charge in [0.2, 0.25) is 0 Å². The predicted molar refractivity (Wildman–Crippen MR) is 87.7 cm³/mol. The number of halogens is 1. The Balaban J connectivity index is 2.20. The predicted octanol–water partition coefficient (Wildman–Crippen LogP) is 4.14. The lowest BCUT2D eigenvalue weighted by atomic mass is 10.1. The number of anilines is 1. The number of hydrogen-bond acceptors (Lipinski definition) is 3. The SMILES string of the molecule is CCOc1ccc(C(=O)Nc2cccc(Cl)c2)cc1COC. The number of carbonyl (C=O) groups excluding carboxylic acids is 1. The first kappa shape index (κ1) is 16.3. The summed E-state index contributed by atoms with van der Waals surface area (Å²) in [6, 6.07) is 12.3. The first-order valence-electron chi connectivity index (χ1n) is 6.95. The largest absolute Gasteiger partial charge is 0.494 e. The van der Waals surface area contributed by atoms with Gasteiger partial charge in [0, 0.05) is 28.9 Å². The van der Waals surface area contributed by atoms with E-state index in [1.54, 1.807) is 49.6 Å². The van der Waals surface area contributed by atoms with Gasteiger partial charge in [0.15, 0.2) is 0 Å². The zero-order valence-corrected chi connectivity index (χ0v) is 13.3. The summed E-state index contributed by atoms with van der Waals surface area (Å²) in [5, 5.41) is 3.39. The lowest BCUT2D eigenvalue weighted by molar-refractivity contribution is 0.102. The Morgan fingerprint density at radius 3 is 2.73 bits per heavy atom. The fourth-order valence-electron chi connectivity index (χ4n) is 2.05. The van der Waals surface area contributed by atoms with Gasteiger partial charge in [-0.25, -0.2) is 0 Å². The molecule has 116 valence electrons. The van der Waals surface area contributed by atoms with Crippen LogP contribution in [0.2, 0.25) is 5.02 Å². The first-order chi connectivity index (χ1) is 10.6. The van der Waals surface area contributed by atoms with Gasteiger partial charge < -0.3 is 14.8 Å². The van der Waals surface area contributed by atoms with E-state index in [0.717, 1.165) is 11.3 Å². The van der Waals surface area contributed by atoms with Crippen molar-refractivity contribution >= 4 is 23.2 Å². The molecule has 4 nitrogen and oxygen atoms in total. The molecular weight excluding hydrogens is 302 g/mol. The van der Waals surface area contributed by atoms with Crippen molar-refractivity contribution in [1.82, 2.24) is 0 Å². The molecule has 0 unspecified atom stereocenters. The summed E-state index contributed by atoms with van der Waals surface area (Å²) >= 11 is 5.91. The highest BCUT2D eigenvalue weighted by atomic mass is 35.5. The molecule has 1 N–H and O–H groups in total. The molecule has 0 bridgehead atoms. The summed E-state index contributed by atoms with van der Waals surface area (Å²) in [4.78, 5) is 12.3. The fourth-order valence-corrected chi connectivity index (χ4v) is 2.25. The molecule has 0 saturated heterocycles. The van der Waals surface area contributed by atoms with Crippen LogP contribution in [0.3, 0.4) is 0 Å². The van der Waals surface area contributed by atoms with E-state index in [0.29, 0.717) is 29.5 Å². The Morgan fingerprint density at radius 1 is 1.23 bits per heavy atom. The number of carbonyl (C=O) groups is 1. The average molecular weight is 320 g/mol. The molecule has 1 amide bonds. The summed E-state index contributed by atoms with van der Waals surface area (Å²) in [5.41, 5.74) is 2.03. The molecule has 2 aromatic carbocycles. The average Bonchev–Trinajstić information content (AvgIpc) is 2.49. The van der Waals surface area contributed by atoms with Crippen molar-refractivity contribution < 1.29 is 14.3 Å². The van der Waals surface area contributed by atoms with Gasteiger partial charge in [-0.15, -0.1) is 0 Å². The number of methoxy groups -OCH3 is 1. The summed E-state index contributed by atoms with van der Waals surface area (Å²) < 4.78 is 10.7. The second-order valence-electron chi connectivity index (χ2n) is 4.65. The Kier molecular flexibility index (Phi) is 5.81. The van der Waals surface area contributed by atoms with Crippen LogP contribution >= 0.6 is 11.6 Å². The van der Waals surface area contributed by atoms with Crippen LogP contribution in [-0.2, 0) is 11.3 Å². The summed E-state index contributed by atoms with van der Waals surface area (Å²) in [6.07, 6.45) is 0. The second kappa shape index (κ2) is 7.82. The van der Waals surface area contributed by atoms with Gasteiger partial charge in [0.25, 0.3) is 5.91 Å². The van der Waals surface area contributed by atoms with E-state index in [1.165, 1.54) is 0 Å². The van der Waals surface area contributed by atoms with Crippen molar-refractivity contribution in [1.29, 1.82) is 0 Å². The Bertz CT molecular complexity index is 658. The normalized spacial score (nSPS) is 10.3. The molecule has 0 aromatic heterocycles. The van der Waals surface area contributed by atoms with Crippen LogP contribution in [-0.4, -0.2) is 19.6 Å². The maximum absolute atomic E-state index is 12.3. The quantitative estimate of drug-likeness (QED) is 0.870. The van der Waals surface area contributed by atoms with E-state index in [4.69, 9.17) is 21.1 Å². The van der Waals surface area contributed by atoms with E-state index < -0.39 is 0 Å². The number of nitrogens with one attached hydrogen (secondary N) is 1. The number of benzene rings is 2. The molecule has 0 saturated carbocycles. The third-order valence-electron chi connectivity index (χ3n) is 3.00. The van der Waals surface area contributed by atoms with Gasteiger partial charge in [0.05, 0.1) is 13.2 Å². The highest BCUT2D eigenvalue weighted by Crippen LogP contribution is 2.22. The smallest absolute Gasteiger partial charge is 0.255 e. The monoisotopic (exact) mass is 319 g/mol. The molecule has 0 aliphatic carbocycles. The van der Waals surface area contributed by atoms with Gasteiger partial charge in [-0.3, -0.25) is 4.79 Å². The molecule has 0 aliphatic rings. The maximum atomic E-state index is 12.3. The highest BCUT2D eigenvalue weighted by Gasteiger charge is 2.11. The molecule has 0 aliphatic heterocycles. The third kappa shape index (κ3) is 4.23. The molecule has 2 aromatic rings. The fraction of sp³-hybridized carbons (Fsp3) is 0.235. The van der Waals surface area contributed by atoms with Crippen LogP contribution in [0.4, 0.5) is 5.69 Å². The molecule has 5 heteroatoms. The molecule has 0 radical (unpaired) electrons. The Morgan fingerprint density at radius 2 is 2.05 bits per heavy atom. The van der Waals surface area contributed by atoms with Gasteiger partial charge >= 0.3 is 0 Å². The summed E-state index contributed by atoms with van der Waals surface area (Å²) in [6.45, 7) is 2.86. The topological polar surface area (TPSA) is 47.6 Å². The van der Waals surface area contributed by atoms with Crippen molar-refractivity contribution in [2.75, 3.05) is 19.0 Å². The van der Waals surface area contributed by atoms with Crippen LogP contribution in [0.1, 0.15) is 22.8 Å². The van der Waals surface area contributed by atoms with Crippen LogP contribution in [0.15, 0.2) is 42.5 Å². The maximum Gasteiger partial charge on any atom is 0.255 e. The molecule has 22 heavy (non-hydrogen) atoms. The zero-order valence-electron chi connectivity index (χ0n) is 12.6. The third-order valence-corrected chi connectivity index (χ3v) is 3.24. The van der Waals surface area contributed by atoms with Gasteiger partial charge in [-0.2, -0.15) is 0 Å². The Labute approximate surface area is 135 Å². The van der Waals surface area contributed by atoms with Gasteiger partial charge in [0.1, 0.15) is 5.75 Å². The number of ether oxygens (including phenoxy) is 2. The zero-order chi connectivity index (χ0) is 15.9. The second-order valence-corrected chi connectivity index (χ2v) is 5.09. The molecule has 0 atom stereocenters. The summed E-state index contributed by atoms with van der Waals surface area (Å²) in [5.74, 6) is 0.520. The lowest BCUT2D eigenvalue weighted by Gasteiger charge is -2.12. The van der Waals surface area contributed by atoms with E-state index in [1.807, 2.05) is 6.92 Å². The van der Waals surface area contributed by atoms with Crippen LogP contribution in [0.25, 0.3) is 0 Å². The minimum Gasteiger partial charge on any atom is -0.494 e. The van der Waals surface area contributed by atoms with Crippen LogP contribution < -0.4 is 10.1 Å². The minimum atomic E-state index is -0.206. The van der Waals surface area contributed by atoms with E-state index in [9.17, 15) is 4.79 Å². The lowest BCUT2D eigenvalue weighted by Crippen LogP contribution is -2.12. The molecule has 0 fully saturated rings. The molecule has 2 rings (SSSR count). The summed E-state index contributed by atoms with van der Waals surface area (Å²) in [7, 11) is 1.61. The first-order valence-corrected chi connectivity index (χ1v) is 7.33. The van der Waals surface area contributed by atoms with Crippen molar-refractivity contribution in [2.45, 2.75) is 13.5 Å². The number of hydrogen-bond donors (Lipinski definition) is 1. The van der Waals surface area contributed by atoms with Gasteiger partial charge in [-0.1, -0.05) is 17.7 Å². The van der Waals surface area contributed by atoms with Crippen molar-refractivity contribution in [3.8, 4) is 5.75 Å². The molecule has 0 heterocycles. The number of amides is 1. The van der Waals surface area contributed by atoms with E-state index in [-0.39, 0.29) is 5.91 Å². The van der Waals surface area contributed by atoms with Crippen molar-refractivity contribution in [3.05, 3.63) is 58.6 Å². The molecular formula is C17H18ClNO3.